The van der Waals surface area contributed by atoms with Gasteiger partial charge in [-0.15, -0.1) is 0 Å². The van der Waals surface area contributed by atoms with Gasteiger partial charge in [-0.2, -0.15) is 0 Å². The number of carbonyl (C=O) groups excluding carboxylic acids is 2. The molecule has 1 heterocycles. The van der Waals surface area contributed by atoms with Crippen LogP contribution < -0.4 is 0 Å². The summed E-state index contributed by atoms with van der Waals surface area (Å²) in [5.74, 6) is 0.715. The number of rotatable bonds is 4. The van der Waals surface area contributed by atoms with Gasteiger partial charge in [0.15, 0.2) is 5.78 Å². The minimum Gasteiger partial charge on any atom is -0.396 e. The third-order valence-corrected chi connectivity index (χ3v) is 4.89. The van der Waals surface area contributed by atoms with Crippen molar-refractivity contribution in [2.45, 2.75) is 38.5 Å². The first kappa shape index (κ1) is 15.2. The lowest BCUT2D eigenvalue weighted by Gasteiger charge is -2.33. The highest BCUT2D eigenvalue weighted by molar-refractivity contribution is 6.05. The Morgan fingerprint density at radius 3 is 3.00 bits per heavy atom. The number of fused-ring (bicyclic) bond motifs is 1. The number of likely N-dealkylation sites (tertiary alicyclic amines) is 1. The molecule has 1 saturated heterocycles. The number of piperidine rings is 1. The van der Waals surface area contributed by atoms with Crippen LogP contribution in [0.15, 0.2) is 18.2 Å². The van der Waals surface area contributed by atoms with E-state index in [1.807, 2.05) is 23.1 Å². The van der Waals surface area contributed by atoms with Gasteiger partial charge in [0.25, 0.3) is 5.91 Å². The maximum atomic E-state index is 12.9. The number of ketones is 1. The molecule has 0 bridgehead atoms. The summed E-state index contributed by atoms with van der Waals surface area (Å²) in [6.07, 6.45) is 5.16. The van der Waals surface area contributed by atoms with Crippen molar-refractivity contribution in [1.29, 1.82) is 0 Å². The van der Waals surface area contributed by atoms with Gasteiger partial charge in [-0.05, 0) is 49.7 Å². The molecular weight excluding hydrogens is 278 g/mol. The Morgan fingerprint density at radius 2 is 2.18 bits per heavy atom. The number of aliphatic hydroxyl groups excluding tert-OH is 1. The smallest absolute Gasteiger partial charge is 0.254 e. The van der Waals surface area contributed by atoms with E-state index < -0.39 is 0 Å². The summed E-state index contributed by atoms with van der Waals surface area (Å²) in [7, 11) is 0. The van der Waals surface area contributed by atoms with Gasteiger partial charge in [-0.3, -0.25) is 9.59 Å². The van der Waals surface area contributed by atoms with Gasteiger partial charge in [-0.25, -0.2) is 0 Å². The summed E-state index contributed by atoms with van der Waals surface area (Å²) in [5.41, 5.74) is 2.39. The van der Waals surface area contributed by atoms with E-state index in [0.29, 0.717) is 24.3 Å². The van der Waals surface area contributed by atoms with Crippen LogP contribution in [-0.4, -0.2) is 41.4 Å². The lowest BCUT2D eigenvalue weighted by Crippen LogP contribution is -2.40. The third-order valence-electron chi connectivity index (χ3n) is 4.89. The highest BCUT2D eigenvalue weighted by Gasteiger charge is 2.29. The Balaban J connectivity index is 1.76. The SMILES string of the molecule is O=C1CCc2c1cccc2C(=O)N1CCC[C@H](CCCO)C1. The zero-order valence-corrected chi connectivity index (χ0v) is 12.9. The van der Waals surface area contributed by atoms with Crippen LogP contribution in [0.5, 0.6) is 0 Å². The normalized spacial score (nSPS) is 21.0. The minimum absolute atomic E-state index is 0.0697. The molecule has 1 aliphatic heterocycles. The van der Waals surface area contributed by atoms with Crippen molar-refractivity contribution in [2.24, 2.45) is 5.92 Å². The van der Waals surface area contributed by atoms with Crippen molar-refractivity contribution >= 4 is 11.7 Å². The molecule has 4 heteroatoms. The van der Waals surface area contributed by atoms with Gasteiger partial charge in [-0.1, -0.05) is 12.1 Å². The van der Waals surface area contributed by atoms with E-state index in [9.17, 15) is 9.59 Å². The van der Waals surface area contributed by atoms with Crippen LogP contribution in [0, 0.1) is 5.92 Å². The lowest BCUT2D eigenvalue weighted by molar-refractivity contribution is 0.0662. The zero-order valence-electron chi connectivity index (χ0n) is 12.9. The van der Waals surface area contributed by atoms with Crippen molar-refractivity contribution in [3.8, 4) is 0 Å². The number of nitrogens with zero attached hydrogens (tertiary/aromatic N) is 1. The molecule has 1 aliphatic carbocycles. The first-order chi connectivity index (χ1) is 10.7. The number of amides is 1. The fourth-order valence-corrected chi connectivity index (χ4v) is 3.73. The average molecular weight is 301 g/mol. The van der Waals surface area contributed by atoms with Crippen LogP contribution >= 0.6 is 0 Å². The molecule has 1 amide bonds. The van der Waals surface area contributed by atoms with E-state index in [1.165, 1.54) is 0 Å². The predicted molar refractivity (Wildman–Crippen MR) is 84.0 cm³/mol. The summed E-state index contributed by atoms with van der Waals surface area (Å²) in [6.45, 7) is 1.79. The molecule has 118 valence electrons. The maximum absolute atomic E-state index is 12.9. The Bertz CT molecular complexity index is 582. The van der Waals surface area contributed by atoms with E-state index in [1.54, 1.807) is 0 Å². The Hall–Kier alpha value is -1.68. The first-order valence-corrected chi connectivity index (χ1v) is 8.26. The first-order valence-electron chi connectivity index (χ1n) is 8.26. The number of hydrogen-bond donors (Lipinski definition) is 1. The monoisotopic (exact) mass is 301 g/mol. The second kappa shape index (κ2) is 6.61. The van der Waals surface area contributed by atoms with Crippen LogP contribution in [0.4, 0.5) is 0 Å². The second-order valence-electron chi connectivity index (χ2n) is 6.38. The minimum atomic E-state index is 0.0697. The summed E-state index contributed by atoms with van der Waals surface area (Å²) < 4.78 is 0. The highest BCUT2D eigenvalue weighted by atomic mass is 16.3. The van der Waals surface area contributed by atoms with Gasteiger partial charge >= 0.3 is 0 Å². The van der Waals surface area contributed by atoms with Gasteiger partial charge in [0, 0.05) is 37.2 Å². The number of hydrogen-bond acceptors (Lipinski definition) is 3. The van der Waals surface area contributed by atoms with Gasteiger partial charge < -0.3 is 10.0 Å². The molecule has 0 saturated carbocycles. The molecule has 1 aromatic rings. The largest absolute Gasteiger partial charge is 0.396 e. The predicted octanol–water partition coefficient (Wildman–Crippen LogP) is 2.44. The van der Waals surface area contributed by atoms with E-state index in [2.05, 4.69) is 0 Å². The van der Waals surface area contributed by atoms with E-state index >= 15 is 0 Å². The summed E-state index contributed by atoms with van der Waals surface area (Å²) in [6, 6.07) is 5.52. The average Bonchev–Trinajstić information content (AvgIpc) is 2.94. The number of carbonyl (C=O) groups is 2. The summed E-state index contributed by atoms with van der Waals surface area (Å²) >= 11 is 0. The van der Waals surface area contributed by atoms with Crippen LogP contribution in [0.3, 0.4) is 0 Å². The Labute approximate surface area is 131 Å². The van der Waals surface area contributed by atoms with Gasteiger partial charge in [0.05, 0.1) is 0 Å². The number of Topliss-reactive ketones (excluding diaryl/α,β-unsaturated/α-hetero) is 1. The van der Waals surface area contributed by atoms with E-state index in [0.717, 1.165) is 49.9 Å². The molecule has 0 aromatic heterocycles. The number of aliphatic hydroxyl groups is 1. The number of benzene rings is 1. The highest BCUT2D eigenvalue weighted by Crippen LogP contribution is 2.28. The maximum Gasteiger partial charge on any atom is 0.254 e. The molecule has 3 rings (SSSR count). The molecule has 1 aromatic carbocycles. The quantitative estimate of drug-likeness (QED) is 0.929. The van der Waals surface area contributed by atoms with E-state index in [-0.39, 0.29) is 18.3 Å². The van der Waals surface area contributed by atoms with Crippen molar-refractivity contribution < 1.29 is 14.7 Å². The third kappa shape index (κ3) is 2.93. The summed E-state index contributed by atoms with van der Waals surface area (Å²) in [4.78, 5) is 26.6. The molecule has 0 unspecified atom stereocenters. The Morgan fingerprint density at radius 1 is 1.32 bits per heavy atom. The van der Waals surface area contributed by atoms with Crippen molar-refractivity contribution in [1.82, 2.24) is 4.90 Å². The van der Waals surface area contributed by atoms with Gasteiger partial charge in [0.2, 0.25) is 0 Å². The molecular formula is C18H23NO3. The van der Waals surface area contributed by atoms with E-state index in [4.69, 9.17) is 5.11 Å². The lowest BCUT2D eigenvalue weighted by atomic mass is 9.92. The molecule has 1 atom stereocenters. The zero-order chi connectivity index (χ0) is 15.5. The van der Waals surface area contributed by atoms with Crippen molar-refractivity contribution in [2.75, 3.05) is 19.7 Å². The molecule has 22 heavy (non-hydrogen) atoms. The molecule has 0 radical (unpaired) electrons. The topological polar surface area (TPSA) is 57.6 Å². The molecule has 2 aliphatic rings. The molecule has 1 N–H and O–H groups in total. The Kier molecular flexibility index (Phi) is 4.57. The van der Waals surface area contributed by atoms with Gasteiger partial charge in [0.1, 0.15) is 0 Å². The fourth-order valence-electron chi connectivity index (χ4n) is 3.73. The molecule has 0 spiro atoms. The van der Waals surface area contributed by atoms with Crippen LogP contribution in [0.2, 0.25) is 0 Å². The van der Waals surface area contributed by atoms with Crippen LogP contribution in [-0.2, 0) is 6.42 Å². The second-order valence-corrected chi connectivity index (χ2v) is 6.38. The molecule has 4 nitrogen and oxygen atoms in total. The van der Waals surface area contributed by atoms with Crippen molar-refractivity contribution in [3.63, 3.8) is 0 Å². The summed E-state index contributed by atoms with van der Waals surface area (Å²) in [5, 5.41) is 8.97. The molecule has 1 fully saturated rings. The van der Waals surface area contributed by atoms with Crippen LogP contribution in [0.1, 0.15) is 58.4 Å². The van der Waals surface area contributed by atoms with Crippen LogP contribution in [0.25, 0.3) is 0 Å². The standard InChI is InChI=1S/C18H23NO3/c20-11-3-5-13-4-2-10-19(12-13)18(22)16-7-1-6-15-14(16)8-9-17(15)21/h1,6-7,13,20H,2-5,8-12H2/t13-/m1/s1. The fraction of sp³-hybridized carbons (Fsp3) is 0.556. The van der Waals surface area contributed by atoms with Crippen molar-refractivity contribution in [3.05, 3.63) is 34.9 Å².